The molecule has 2 aliphatic heterocycles. The second-order valence-corrected chi connectivity index (χ2v) is 13.4. The fourth-order valence-corrected chi connectivity index (χ4v) is 6.99. The van der Waals surface area contributed by atoms with E-state index in [1.807, 2.05) is 52.3 Å². The molecular weight excluding hydrogens is 645 g/mol. The summed E-state index contributed by atoms with van der Waals surface area (Å²) < 4.78 is 46.6. The first kappa shape index (κ1) is 35.2. The van der Waals surface area contributed by atoms with Gasteiger partial charge in [-0.15, -0.1) is 0 Å². The Labute approximate surface area is 290 Å². The van der Waals surface area contributed by atoms with Crippen LogP contribution in [0.1, 0.15) is 61.6 Å². The van der Waals surface area contributed by atoms with E-state index in [4.69, 9.17) is 10.5 Å². The van der Waals surface area contributed by atoms with E-state index < -0.39 is 29.1 Å². The number of ether oxygens (including phenoxy) is 1. The molecule has 0 aromatic heterocycles. The number of hydrogen-bond acceptors (Lipinski definition) is 5. The molecule has 3 aliphatic rings. The molecule has 2 unspecified atom stereocenters. The minimum atomic E-state index is -1.34. The summed E-state index contributed by atoms with van der Waals surface area (Å²) in [5.41, 5.74) is 10.0. The number of amides is 3. The molecule has 2 bridgehead atoms. The molecule has 264 valence electrons. The predicted octanol–water partition coefficient (Wildman–Crippen LogP) is 5.33. The zero-order valence-electron chi connectivity index (χ0n) is 28.0. The Hall–Kier alpha value is -4.64. The highest BCUT2D eigenvalue weighted by atomic mass is 19.2. The topological polar surface area (TPSA) is 105 Å². The molecule has 3 amide bonds. The highest BCUT2D eigenvalue weighted by molar-refractivity contribution is 6.03. The van der Waals surface area contributed by atoms with E-state index in [1.165, 1.54) is 5.56 Å². The number of nitrogens with one attached hydrogen (secondary N) is 1. The molecular formula is C39H43F3N4O4. The van der Waals surface area contributed by atoms with Gasteiger partial charge in [0.1, 0.15) is 0 Å². The molecule has 50 heavy (non-hydrogen) atoms. The number of carbonyl (C=O) groups excluding carboxylic acids is 3. The molecule has 0 spiro atoms. The number of nitrogens with zero attached hydrogens (tertiary/aromatic N) is 2. The van der Waals surface area contributed by atoms with Crippen LogP contribution in [0.25, 0.3) is 5.57 Å². The minimum Gasteiger partial charge on any atom is -0.488 e. The number of rotatable bonds is 15. The van der Waals surface area contributed by atoms with Crippen LogP contribution in [0, 0.1) is 17.5 Å². The fourth-order valence-electron chi connectivity index (χ4n) is 6.99. The monoisotopic (exact) mass is 688 g/mol. The van der Waals surface area contributed by atoms with E-state index in [0.29, 0.717) is 50.9 Å². The summed E-state index contributed by atoms with van der Waals surface area (Å²) in [5.74, 6) is -4.64. The summed E-state index contributed by atoms with van der Waals surface area (Å²) in [4.78, 5) is 42.9. The van der Waals surface area contributed by atoms with E-state index in [0.717, 1.165) is 48.1 Å². The summed E-state index contributed by atoms with van der Waals surface area (Å²) in [6.07, 6.45) is 5.04. The molecule has 0 radical (unpaired) electrons. The van der Waals surface area contributed by atoms with Crippen molar-refractivity contribution in [3.8, 4) is 5.75 Å². The number of hydrogen-bond donors (Lipinski definition) is 2. The minimum absolute atomic E-state index is 0.00422. The molecule has 1 aliphatic carbocycles. The molecule has 2 atom stereocenters. The van der Waals surface area contributed by atoms with Crippen LogP contribution in [0.5, 0.6) is 5.75 Å². The second kappa shape index (κ2) is 15.9. The Morgan fingerprint density at radius 1 is 0.860 bits per heavy atom. The van der Waals surface area contributed by atoms with E-state index in [-0.39, 0.29) is 49.4 Å². The molecule has 3 aromatic rings. The molecule has 11 heteroatoms. The molecule has 1 saturated heterocycles. The maximum Gasteiger partial charge on any atom is 0.252 e. The number of aryl methyl sites for hydroxylation is 1. The van der Waals surface area contributed by atoms with Crippen molar-refractivity contribution in [2.75, 3.05) is 26.2 Å². The van der Waals surface area contributed by atoms with Gasteiger partial charge in [0.15, 0.2) is 17.4 Å². The Morgan fingerprint density at radius 3 is 2.30 bits per heavy atom. The lowest BCUT2D eigenvalue weighted by Crippen LogP contribution is -2.62. The maximum atomic E-state index is 14.6. The van der Waals surface area contributed by atoms with E-state index in [9.17, 15) is 27.6 Å². The van der Waals surface area contributed by atoms with Gasteiger partial charge in [0.2, 0.25) is 17.6 Å². The van der Waals surface area contributed by atoms with Gasteiger partial charge in [-0.05, 0) is 79.3 Å². The van der Waals surface area contributed by atoms with Crippen LogP contribution in [-0.4, -0.2) is 71.9 Å². The first-order chi connectivity index (χ1) is 24.2. The van der Waals surface area contributed by atoms with Crippen molar-refractivity contribution in [1.82, 2.24) is 15.1 Å². The van der Waals surface area contributed by atoms with E-state index in [1.54, 1.807) is 0 Å². The van der Waals surface area contributed by atoms with Crippen LogP contribution >= 0.6 is 0 Å². The van der Waals surface area contributed by atoms with Crippen LogP contribution in [0.15, 0.2) is 72.3 Å². The summed E-state index contributed by atoms with van der Waals surface area (Å²) in [7, 11) is 0. The zero-order chi connectivity index (χ0) is 35.2. The second-order valence-electron chi connectivity index (χ2n) is 13.4. The van der Waals surface area contributed by atoms with Gasteiger partial charge in [0, 0.05) is 50.1 Å². The molecule has 1 saturated carbocycles. The number of benzene rings is 3. The summed E-state index contributed by atoms with van der Waals surface area (Å²) in [5, 5.41) is 3.64. The molecule has 6 rings (SSSR count). The van der Waals surface area contributed by atoms with Gasteiger partial charge < -0.3 is 25.6 Å². The molecule has 3 aromatic carbocycles. The quantitative estimate of drug-likeness (QED) is 0.166. The lowest BCUT2D eigenvalue weighted by molar-refractivity contribution is -0.134. The first-order valence-corrected chi connectivity index (χ1v) is 17.4. The van der Waals surface area contributed by atoms with Gasteiger partial charge in [0.25, 0.3) is 5.91 Å². The normalized spacial score (nSPS) is 18.6. The fraction of sp³-hybridized carbons (Fsp3) is 0.410. The van der Waals surface area contributed by atoms with Crippen LogP contribution in [0.3, 0.4) is 0 Å². The Bertz CT molecular complexity index is 1730. The van der Waals surface area contributed by atoms with Crippen molar-refractivity contribution < 1.29 is 32.3 Å². The highest BCUT2D eigenvalue weighted by Gasteiger charge is 2.43. The van der Waals surface area contributed by atoms with Crippen molar-refractivity contribution >= 4 is 23.3 Å². The van der Waals surface area contributed by atoms with Crippen molar-refractivity contribution in [3.05, 3.63) is 106 Å². The third-order valence-corrected chi connectivity index (χ3v) is 9.69. The average Bonchev–Trinajstić information content (AvgIpc) is 3.95. The van der Waals surface area contributed by atoms with Crippen LogP contribution < -0.4 is 15.8 Å². The molecule has 2 heterocycles. The summed E-state index contributed by atoms with van der Waals surface area (Å²) >= 11 is 0. The van der Waals surface area contributed by atoms with Crippen LogP contribution in [0.2, 0.25) is 0 Å². The first-order valence-electron chi connectivity index (χ1n) is 17.4. The van der Waals surface area contributed by atoms with Crippen LogP contribution in [-0.2, 0) is 27.2 Å². The summed E-state index contributed by atoms with van der Waals surface area (Å²) in [6, 6.07) is 19.5. The summed E-state index contributed by atoms with van der Waals surface area (Å²) in [6.45, 7) is 1.47. The molecule has 2 fully saturated rings. The Morgan fingerprint density at radius 2 is 1.58 bits per heavy atom. The van der Waals surface area contributed by atoms with E-state index in [2.05, 4.69) is 17.4 Å². The highest BCUT2D eigenvalue weighted by Crippen LogP contribution is 2.37. The third kappa shape index (κ3) is 8.56. The van der Waals surface area contributed by atoms with Crippen molar-refractivity contribution in [2.24, 2.45) is 5.73 Å². The molecule has 8 nitrogen and oxygen atoms in total. The van der Waals surface area contributed by atoms with E-state index >= 15 is 0 Å². The van der Waals surface area contributed by atoms with Crippen molar-refractivity contribution in [2.45, 2.75) is 75.9 Å². The Balaban J connectivity index is 1.20. The lowest BCUT2D eigenvalue weighted by atomic mass is 9.82. The van der Waals surface area contributed by atoms with Gasteiger partial charge in [0.05, 0.1) is 12.6 Å². The number of carbonyl (C=O) groups is 3. The number of halogens is 3. The van der Waals surface area contributed by atoms with Gasteiger partial charge in [-0.25, -0.2) is 8.78 Å². The zero-order valence-corrected chi connectivity index (χ0v) is 28.0. The largest absolute Gasteiger partial charge is 0.488 e. The van der Waals surface area contributed by atoms with Crippen molar-refractivity contribution in [3.63, 3.8) is 0 Å². The number of fused-ring (bicyclic) bond motifs is 2. The van der Waals surface area contributed by atoms with Gasteiger partial charge in [-0.3, -0.25) is 14.4 Å². The lowest BCUT2D eigenvalue weighted by Gasteiger charge is -2.45. The number of primary amides is 1. The third-order valence-electron chi connectivity index (χ3n) is 9.69. The average molecular weight is 689 g/mol. The predicted molar refractivity (Wildman–Crippen MR) is 183 cm³/mol. The number of nitrogens with two attached hydrogens (primary N) is 1. The van der Waals surface area contributed by atoms with Crippen molar-refractivity contribution in [1.29, 1.82) is 0 Å². The van der Waals surface area contributed by atoms with Gasteiger partial charge in [-0.2, -0.15) is 4.39 Å². The SMILES string of the molecule is NC(=O)CCCC(=O)N1CC2CC(c3ccc(CCCOc4c(F)ccc(F)c4F)cc3)=C(C(=O)N(CCc3ccccc3)C3CC3)C(C1)N2. The standard InChI is InChI=1S/C39H43F3N4O4/c40-31-17-18-32(41)38(37(31)42)50-21-5-8-26-11-13-27(14-12-26)30-22-28-23-45(35(48)10-4-9-34(43)47)24-33(44-28)36(30)39(49)46(29-15-16-29)20-19-25-6-2-1-3-7-25/h1-3,6-7,11-14,17-18,28-29,33,44H,4-5,8-10,15-16,19-24H2,(H2,43,47). The Kier molecular flexibility index (Phi) is 11.2. The molecule has 3 N–H and O–H groups in total. The van der Waals surface area contributed by atoms with Crippen LogP contribution in [0.4, 0.5) is 13.2 Å². The maximum absolute atomic E-state index is 14.6. The van der Waals surface area contributed by atoms with Gasteiger partial charge >= 0.3 is 0 Å². The van der Waals surface area contributed by atoms with Gasteiger partial charge in [-0.1, -0.05) is 54.6 Å². The smallest absolute Gasteiger partial charge is 0.252 e. The number of piperazine rings is 1.